The van der Waals surface area contributed by atoms with Crippen LogP contribution in [0.5, 0.6) is 0 Å². The molecule has 0 aliphatic heterocycles. The second-order valence-corrected chi connectivity index (χ2v) is 7.16. The summed E-state index contributed by atoms with van der Waals surface area (Å²) in [4.78, 5) is 24.0. The average Bonchev–Trinajstić information content (AvgIpc) is 3.00. The number of nitrogens with zero attached hydrogens (tertiary/aromatic N) is 2. The molecule has 4 rings (SSSR count). The smallest absolute Gasteiger partial charge is 0.309 e. The van der Waals surface area contributed by atoms with E-state index in [1.54, 1.807) is 13.4 Å². The Morgan fingerprint density at radius 3 is 2.42 bits per heavy atom. The predicted molar refractivity (Wildman–Crippen MR) is 94.0 cm³/mol. The van der Waals surface area contributed by atoms with Crippen LogP contribution in [0.25, 0.3) is 5.70 Å². The van der Waals surface area contributed by atoms with Crippen molar-refractivity contribution in [3.8, 4) is 0 Å². The number of carboxylic acids is 1. The Morgan fingerprint density at radius 2 is 1.92 bits per heavy atom. The van der Waals surface area contributed by atoms with Gasteiger partial charge in [-0.05, 0) is 52.4 Å². The van der Waals surface area contributed by atoms with Crippen LogP contribution in [0.3, 0.4) is 0 Å². The molecule has 24 heavy (non-hydrogen) atoms. The molecule has 3 saturated carbocycles. The number of allylic oxidation sites excluding steroid dienone is 1. The number of aromatic amines is 1. The van der Waals surface area contributed by atoms with Crippen molar-refractivity contribution in [1.29, 1.82) is 0 Å². The minimum Gasteiger partial charge on any atom is -0.481 e. The number of carboxylic acid groups (broad SMARTS) is 1. The lowest BCUT2D eigenvalue weighted by atomic mass is 9.53. The highest BCUT2D eigenvalue weighted by Crippen LogP contribution is 2.57. The molecule has 0 spiro atoms. The standard InChI is InChI=1S/C18H26N4O2/c1-4-13(20-11-19-3)14-12(2)21-15(22-14)17-5-8-18(9-6-17,10-7-17)16(23)24/h4,11H,5-10H2,1-3H3,(H,19,20)(H,21,22)(H,23,24)/b13-4-. The minimum absolute atomic E-state index is 0.0118. The molecule has 0 aromatic carbocycles. The molecule has 130 valence electrons. The van der Waals surface area contributed by atoms with Crippen molar-refractivity contribution >= 4 is 18.0 Å². The SMILES string of the molecule is C/C=C(\NC=NC)c1nc(C23CCC(C(=O)O)(CC2)CC3)[nH]c1C. The highest BCUT2D eigenvalue weighted by molar-refractivity contribution is 5.76. The lowest BCUT2D eigenvalue weighted by Crippen LogP contribution is -2.48. The van der Waals surface area contributed by atoms with Crippen LogP contribution in [0.2, 0.25) is 0 Å². The van der Waals surface area contributed by atoms with Crippen molar-refractivity contribution in [2.45, 2.75) is 57.8 Å². The maximum atomic E-state index is 11.6. The van der Waals surface area contributed by atoms with Gasteiger partial charge >= 0.3 is 5.97 Å². The quantitative estimate of drug-likeness (QED) is 0.572. The molecule has 0 unspecified atom stereocenters. The molecule has 6 nitrogen and oxygen atoms in total. The highest BCUT2D eigenvalue weighted by Gasteiger charge is 2.54. The molecule has 3 N–H and O–H groups in total. The topological polar surface area (TPSA) is 90.4 Å². The number of imidazole rings is 1. The van der Waals surface area contributed by atoms with Crippen molar-refractivity contribution in [3.63, 3.8) is 0 Å². The molecule has 0 radical (unpaired) electrons. The number of hydrogen-bond donors (Lipinski definition) is 3. The van der Waals surface area contributed by atoms with Crippen molar-refractivity contribution in [2.75, 3.05) is 7.05 Å². The zero-order valence-corrected chi connectivity index (χ0v) is 14.6. The van der Waals surface area contributed by atoms with Crippen LogP contribution in [-0.2, 0) is 10.2 Å². The van der Waals surface area contributed by atoms with E-state index >= 15 is 0 Å². The maximum Gasteiger partial charge on any atom is 0.309 e. The Morgan fingerprint density at radius 1 is 1.29 bits per heavy atom. The molecular weight excluding hydrogens is 304 g/mol. The fourth-order valence-electron chi connectivity index (χ4n) is 4.26. The molecule has 0 atom stereocenters. The molecule has 3 fully saturated rings. The second-order valence-electron chi connectivity index (χ2n) is 7.16. The van der Waals surface area contributed by atoms with E-state index in [4.69, 9.17) is 4.98 Å². The minimum atomic E-state index is -0.619. The van der Waals surface area contributed by atoms with Crippen LogP contribution < -0.4 is 5.32 Å². The first-order valence-electron chi connectivity index (χ1n) is 8.61. The van der Waals surface area contributed by atoms with Crippen molar-refractivity contribution in [3.05, 3.63) is 23.3 Å². The number of hydrogen-bond acceptors (Lipinski definition) is 3. The summed E-state index contributed by atoms with van der Waals surface area (Å²) in [6.45, 7) is 4.00. The van der Waals surface area contributed by atoms with Crippen LogP contribution >= 0.6 is 0 Å². The van der Waals surface area contributed by atoms with Gasteiger partial charge in [0.15, 0.2) is 0 Å². The van der Waals surface area contributed by atoms with Gasteiger partial charge in [0.05, 0.1) is 17.5 Å². The normalized spacial score (nSPS) is 30.0. The van der Waals surface area contributed by atoms with Gasteiger partial charge in [0.1, 0.15) is 11.5 Å². The number of aromatic nitrogens is 2. The van der Waals surface area contributed by atoms with Crippen LogP contribution in [0, 0.1) is 12.3 Å². The van der Waals surface area contributed by atoms with Crippen molar-refractivity contribution < 1.29 is 9.90 Å². The monoisotopic (exact) mass is 330 g/mol. The molecule has 6 heteroatoms. The number of fused-ring (bicyclic) bond motifs is 3. The highest BCUT2D eigenvalue weighted by atomic mass is 16.4. The van der Waals surface area contributed by atoms with Crippen LogP contribution in [0.1, 0.15) is 62.7 Å². The summed E-state index contributed by atoms with van der Waals surface area (Å²) in [7, 11) is 1.72. The third kappa shape index (κ3) is 2.54. The van der Waals surface area contributed by atoms with Gasteiger partial charge in [-0.15, -0.1) is 0 Å². The molecule has 3 aliphatic rings. The lowest BCUT2D eigenvalue weighted by Gasteiger charge is -2.50. The molecule has 2 bridgehead atoms. The van der Waals surface area contributed by atoms with E-state index in [-0.39, 0.29) is 5.41 Å². The number of carbonyl (C=O) groups is 1. The zero-order chi connectivity index (χ0) is 17.4. The number of aliphatic imine (C=N–C) groups is 1. The molecular formula is C18H26N4O2. The number of rotatable bonds is 5. The lowest BCUT2D eigenvalue weighted by molar-refractivity contribution is -0.156. The van der Waals surface area contributed by atoms with Gasteiger partial charge in [-0.1, -0.05) is 6.08 Å². The molecule has 0 amide bonds. The van der Waals surface area contributed by atoms with Gasteiger partial charge in [-0.3, -0.25) is 9.79 Å². The maximum absolute atomic E-state index is 11.6. The first-order chi connectivity index (χ1) is 11.5. The van der Waals surface area contributed by atoms with E-state index in [1.807, 2.05) is 19.9 Å². The molecule has 1 heterocycles. The third-order valence-electron chi connectivity index (χ3n) is 5.98. The fraction of sp³-hybridized carbons (Fsp3) is 0.611. The van der Waals surface area contributed by atoms with Crippen molar-refractivity contribution in [2.24, 2.45) is 10.4 Å². The number of aliphatic carboxylic acids is 1. The van der Waals surface area contributed by atoms with E-state index < -0.39 is 11.4 Å². The van der Waals surface area contributed by atoms with Gasteiger partial charge in [0, 0.05) is 18.2 Å². The Hall–Kier alpha value is -2.11. The van der Waals surface area contributed by atoms with E-state index in [2.05, 4.69) is 15.3 Å². The van der Waals surface area contributed by atoms with Gasteiger partial charge in [-0.2, -0.15) is 0 Å². The third-order valence-corrected chi connectivity index (χ3v) is 5.98. The van der Waals surface area contributed by atoms with Gasteiger partial charge in [0.2, 0.25) is 0 Å². The van der Waals surface area contributed by atoms with Crippen LogP contribution in [0.4, 0.5) is 0 Å². The number of aryl methyl sites for hydroxylation is 1. The zero-order valence-electron chi connectivity index (χ0n) is 14.6. The Bertz CT molecular complexity index is 677. The summed E-state index contributed by atoms with van der Waals surface area (Å²) < 4.78 is 0. The van der Waals surface area contributed by atoms with Crippen molar-refractivity contribution in [1.82, 2.24) is 15.3 Å². The summed E-state index contributed by atoms with van der Waals surface area (Å²) in [5.74, 6) is 0.398. The molecule has 3 aliphatic carbocycles. The van der Waals surface area contributed by atoms with Gasteiger partial charge in [0.25, 0.3) is 0 Å². The van der Waals surface area contributed by atoms with Gasteiger partial charge in [-0.25, -0.2) is 4.98 Å². The van der Waals surface area contributed by atoms with Crippen LogP contribution in [0.15, 0.2) is 11.1 Å². The van der Waals surface area contributed by atoms with Gasteiger partial charge < -0.3 is 15.4 Å². The number of nitrogens with one attached hydrogen (secondary N) is 2. The largest absolute Gasteiger partial charge is 0.481 e. The second kappa shape index (κ2) is 6.07. The van der Waals surface area contributed by atoms with E-state index in [9.17, 15) is 9.90 Å². The summed E-state index contributed by atoms with van der Waals surface area (Å²) in [5, 5.41) is 12.7. The predicted octanol–water partition coefficient (Wildman–Crippen LogP) is 3.00. The summed E-state index contributed by atoms with van der Waals surface area (Å²) in [6.07, 6.45) is 8.63. The molecule has 0 saturated heterocycles. The Kier molecular flexibility index (Phi) is 4.24. The first-order valence-corrected chi connectivity index (χ1v) is 8.61. The summed E-state index contributed by atoms with van der Waals surface area (Å²) in [5.41, 5.74) is 2.41. The van der Waals surface area contributed by atoms with E-state index in [1.165, 1.54) is 0 Å². The van der Waals surface area contributed by atoms with Crippen LogP contribution in [-0.4, -0.2) is 34.4 Å². The summed E-state index contributed by atoms with van der Waals surface area (Å²) in [6, 6.07) is 0. The van der Waals surface area contributed by atoms with E-state index in [0.717, 1.165) is 61.4 Å². The number of H-pyrrole nitrogens is 1. The summed E-state index contributed by atoms with van der Waals surface area (Å²) >= 11 is 0. The Balaban J connectivity index is 1.87. The Labute approximate surface area is 142 Å². The fourth-order valence-corrected chi connectivity index (χ4v) is 4.26. The first kappa shape index (κ1) is 16.7. The average molecular weight is 330 g/mol. The van der Waals surface area contributed by atoms with E-state index in [0.29, 0.717) is 0 Å². The molecule has 1 aromatic rings. The molecule has 1 aromatic heterocycles.